The number of ether oxygens (including phenoxy) is 1. The molecule has 3 rings (SSSR count). The molecule has 0 radical (unpaired) electrons. The number of imide groups is 1. The van der Waals surface area contributed by atoms with Gasteiger partial charge < -0.3 is 14.0 Å². The summed E-state index contributed by atoms with van der Waals surface area (Å²) in [6.45, 7) is 17.5. The highest BCUT2D eigenvalue weighted by atomic mass is 28.4. The van der Waals surface area contributed by atoms with E-state index in [1.165, 1.54) is 0 Å². The quantitative estimate of drug-likeness (QED) is 0.182. The van der Waals surface area contributed by atoms with Crippen molar-refractivity contribution in [3.8, 4) is 0 Å². The number of amides is 2. The lowest BCUT2D eigenvalue weighted by Crippen LogP contribution is -2.54. The highest BCUT2D eigenvalue weighted by molar-refractivity contribution is 6.74. The molecule has 10 heteroatoms. The Morgan fingerprint density at radius 3 is 2.45 bits per heavy atom. The summed E-state index contributed by atoms with van der Waals surface area (Å²) in [4.78, 5) is 45.5. The lowest BCUT2D eigenvalue weighted by molar-refractivity contribution is -0.174. The zero-order valence-corrected chi connectivity index (χ0v) is 25.1. The van der Waals surface area contributed by atoms with E-state index in [9.17, 15) is 14.4 Å². The number of oxime groups is 1. The molecule has 38 heavy (non-hydrogen) atoms. The van der Waals surface area contributed by atoms with Crippen LogP contribution < -0.4 is 0 Å². The van der Waals surface area contributed by atoms with Crippen LogP contribution in [0.2, 0.25) is 18.1 Å². The second-order valence-corrected chi connectivity index (χ2v) is 16.9. The van der Waals surface area contributed by atoms with E-state index in [2.05, 4.69) is 39.0 Å². The van der Waals surface area contributed by atoms with E-state index in [-0.39, 0.29) is 24.0 Å². The van der Waals surface area contributed by atoms with Crippen LogP contribution in [-0.4, -0.2) is 66.7 Å². The Kier molecular flexibility index (Phi) is 9.21. The first kappa shape index (κ1) is 30.0. The Hall–Kier alpha value is -2.56. The van der Waals surface area contributed by atoms with Crippen molar-refractivity contribution in [1.82, 2.24) is 10.0 Å². The van der Waals surface area contributed by atoms with Gasteiger partial charge in [-0.1, -0.05) is 56.3 Å². The molecule has 1 fully saturated rings. The summed E-state index contributed by atoms with van der Waals surface area (Å²) in [6, 6.07) is 9.64. The van der Waals surface area contributed by atoms with Crippen molar-refractivity contribution in [3.05, 3.63) is 35.9 Å². The van der Waals surface area contributed by atoms with Gasteiger partial charge >= 0.3 is 5.97 Å². The fraction of sp³-hybridized carbons (Fsp3) is 0.643. The van der Waals surface area contributed by atoms with E-state index in [1.54, 1.807) is 11.9 Å². The van der Waals surface area contributed by atoms with Crippen LogP contribution in [-0.2, 0) is 34.9 Å². The maximum absolute atomic E-state index is 13.8. The molecule has 2 atom stereocenters. The molecule has 0 bridgehead atoms. The van der Waals surface area contributed by atoms with E-state index in [0.717, 1.165) is 10.6 Å². The van der Waals surface area contributed by atoms with Gasteiger partial charge in [-0.15, -0.1) is 0 Å². The third-order valence-corrected chi connectivity index (χ3v) is 12.3. The largest absolute Gasteiger partial charge is 0.465 e. The average Bonchev–Trinajstić information content (AvgIpc) is 3.34. The highest BCUT2D eigenvalue weighted by Crippen LogP contribution is 2.37. The number of carbonyl (C=O) groups is 3. The molecule has 2 amide bonds. The predicted octanol–water partition coefficient (Wildman–Crippen LogP) is 4.68. The van der Waals surface area contributed by atoms with Gasteiger partial charge in [-0.05, 0) is 57.3 Å². The first-order valence-corrected chi connectivity index (χ1v) is 16.3. The number of hydrogen-bond acceptors (Lipinski definition) is 8. The lowest BCUT2D eigenvalue weighted by Gasteiger charge is -2.36. The molecule has 9 nitrogen and oxygen atoms in total. The average molecular weight is 546 g/mol. The first-order chi connectivity index (χ1) is 17.7. The van der Waals surface area contributed by atoms with Gasteiger partial charge in [0.15, 0.2) is 8.32 Å². The fourth-order valence-electron chi connectivity index (χ4n) is 4.44. The highest BCUT2D eigenvalue weighted by Gasteiger charge is 2.53. The van der Waals surface area contributed by atoms with Crippen molar-refractivity contribution >= 4 is 31.8 Å². The zero-order valence-electron chi connectivity index (χ0n) is 24.1. The monoisotopic (exact) mass is 545 g/mol. The maximum atomic E-state index is 13.8. The van der Waals surface area contributed by atoms with Crippen molar-refractivity contribution in [2.75, 3.05) is 13.2 Å². The van der Waals surface area contributed by atoms with Crippen LogP contribution in [0.25, 0.3) is 0 Å². The molecular weight excluding hydrogens is 502 g/mol. The van der Waals surface area contributed by atoms with Gasteiger partial charge in [-0.25, -0.2) is 10.0 Å². The number of hydrazine groups is 1. The minimum Gasteiger partial charge on any atom is -0.465 e. The molecule has 1 aromatic rings. The zero-order chi connectivity index (χ0) is 28.3. The molecule has 0 spiro atoms. The summed E-state index contributed by atoms with van der Waals surface area (Å²) in [5.74, 6) is -2.53. The minimum absolute atomic E-state index is 0.0909. The molecule has 1 saturated heterocycles. The molecule has 2 heterocycles. The third-order valence-electron chi connectivity index (χ3n) is 7.72. The standard InChI is InChI=1S/C28H43N3O6Si/c1-9-35-26(34)23-21(16-13-17-36-38(7,8)27(2,3)4)29-37-24(23)25(33)31-22(32)18-28(5,6)30(31)19-20-14-11-10-12-15-20/h10-12,14-15,23-24H,9,13,16-19H2,1-8H3/t23-,24-/m0/s1. The van der Waals surface area contributed by atoms with Gasteiger partial charge in [0.05, 0.1) is 12.3 Å². The number of carbonyl (C=O) groups excluding carboxylic acids is 3. The summed E-state index contributed by atoms with van der Waals surface area (Å²) < 4.78 is 11.6. The molecule has 0 saturated carbocycles. The second-order valence-electron chi connectivity index (χ2n) is 12.1. The molecule has 0 unspecified atom stereocenters. The Balaban J connectivity index is 1.76. The van der Waals surface area contributed by atoms with E-state index >= 15 is 0 Å². The van der Waals surface area contributed by atoms with Crippen LogP contribution in [0.15, 0.2) is 35.5 Å². The van der Waals surface area contributed by atoms with Crippen molar-refractivity contribution in [3.63, 3.8) is 0 Å². The van der Waals surface area contributed by atoms with Gasteiger partial charge in [-0.2, -0.15) is 0 Å². The fourth-order valence-corrected chi connectivity index (χ4v) is 5.53. The van der Waals surface area contributed by atoms with Crippen LogP contribution in [0.1, 0.15) is 66.4 Å². The smallest absolute Gasteiger partial charge is 0.319 e. The number of hydrogen-bond donors (Lipinski definition) is 0. The van der Waals surface area contributed by atoms with Crippen LogP contribution in [0.5, 0.6) is 0 Å². The Labute approximate surface area is 227 Å². The van der Waals surface area contributed by atoms with Gasteiger partial charge in [0, 0.05) is 25.1 Å². The predicted molar refractivity (Wildman–Crippen MR) is 147 cm³/mol. The maximum Gasteiger partial charge on any atom is 0.319 e. The molecule has 0 N–H and O–H groups in total. The molecule has 1 aromatic carbocycles. The summed E-state index contributed by atoms with van der Waals surface area (Å²) >= 11 is 0. The van der Waals surface area contributed by atoms with Crippen LogP contribution in [0.3, 0.4) is 0 Å². The molecule has 0 aromatic heterocycles. The summed E-state index contributed by atoms with van der Waals surface area (Å²) in [7, 11) is -1.91. The summed E-state index contributed by atoms with van der Waals surface area (Å²) in [5.41, 5.74) is 0.813. The van der Waals surface area contributed by atoms with E-state index in [0.29, 0.717) is 31.7 Å². The van der Waals surface area contributed by atoms with Gasteiger partial charge in [0.25, 0.3) is 5.91 Å². The number of esters is 1. The van der Waals surface area contributed by atoms with Gasteiger partial charge in [-0.3, -0.25) is 14.4 Å². The molecular formula is C28H43N3O6Si. The normalized spacial score (nSPS) is 21.8. The second kappa shape index (κ2) is 11.7. The van der Waals surface area contributed by atoms with Crippen LogP contribution in [0.4, 0.5) is 0 Å². The van der Waals surface area contributed by atoms with Gasteiger partial charge in [0.2, 0.25) is 12.0 Å². The molecule has 2 aliphatic heterocycles. The van der Waals surface area contributed by atoms with Gasteiger partial charge in [0.1, 0.15) is 5.92 Å². The van der Waals surface area contributed by atoms with Crippen molar-refractivity contribution in [2.24, 2.45) is 11.1 Å². The topological polar surface area (TPSA) is 97.7 Å². The number of rotatable bonds is 10. The molecule has 2 aliphatic rings. The third kappa shape index (κ3) is 6.52. The lowest BCUT2D eigenvalue weighted by atomic mass is 9.93. The van der Waals surface area contributed by atoms with Crippen molar-refractivity contribution < 1.29 is 28.4 Å². The van der Waals surface area contributed by atoms with Crippen LogP contribution in [0, 0.1) is 5.92 Å². The summed E-state index contributed by atoms with van der Waals surface area (Å²) in [6.07, 6.45) is -0.0430. The number of nitrogens with zero attached hydrogens (tertiary/aromatic N) is 3. The Morgan fingerprint density at radius 2 is 1.84 bits per heavy atom. The Morgan fingerprint density at radius 1 is 1.18 bits per heavy atom. The van der Waals surface area contributed by atoms with E-state index in [4.69, 9.17) is 14.0 Å². The van der Waals surface area contributed by atoms with E-state index in [1.807, 2.05) is 44.2 Å². The number of benzene rings is 1. The summed E-state index contributed by atoms with van der Waals surface area (Å²) in [5, 5.41) is 7.13. The Bertz CT molecular complexity index is 1050. The SMILES string of the molecule is CCOC(=O)[C@H]1C(CCCO[Si](C)(C)C(C)(C)C)=NO[C@@H]1C(=O)N1C(=O)CC(C)(C)N1Cc1ccccc1. The van der Waals surface area contributed by atoms with Crippen molar-refractivity contribution in [1.29, 1.82) is 0 Å². The minimum atomic E-state index is -1.91. The molecule has 0 aliphatic carbocycles. The first-order valence-electron chi connectivity index (χ1n) is 13.4. The van der Waals surface area contributed by atoms with Crippen LogP contribution >= 0.6 is 0 Å². The molecule has 210 valence electrons. The van der Waals surface area contributed by atoms with E-state index < -0.39 is 37.8 Å². The van der Waals surface area contributed by atoms with Crippen molar-refractivity contribution in [2.45, 2.75) is 97.1 Å².